The van der Waals surface area contributed by atoms with Gasteiger partial charge in [0.15, 0.2) is 6.10 Å². The molecule has 0 rings (SSSR count). The van der Waals surface area contributed by atoms with Crippen LogP contribution in [0.2, 0.25) is 0 Å². The molecule has 0 aromatic rings. The number of rotatable bonds is 69. The second-order valence-corrected chi connectivity index (χ2v) is 25.2. The third kappa shape index (κ3) is 68.6. The lowest BCUT2D eigenvalue weighted by atomic mass is 10.0. The molecule has 0 radical (unpaired) electrons. The molecule has 0 fully saturated rings. The monoisotopic (exact) mass is 1140 g/mol. The van der Waals surface area contributed by atoms with Crippen LogP contribution in [0.3, 0.4) is 0 Å². The van der Waals surface area contributed by atoms with Crippen molar-refractivity contribution in [2.45, 2.75) is 425 Å². The molecule has 0 aliphatic heterocycles. The Kier molecular flexibility index (Phi) is 68.5. The molecular formula is C75H142O6. The predicted octanol–water partition coefficient (Wildman–Crippen LogP) is 25.3. The van der Waals surface area contributed by atoms with E-state index in [1.165, 1.54) is 315 Å². The van der Waals surface area contributed by atoms with Gasteiger partial charge in [-0.2, -0.15) is 0 Å². The third-order valence-electron chi connectivity index (χ3n) is 16.9. The fraction of sp³-hybridized carbons (Fsp3) is 0.907. The average molecular weight is 1140 g/mol. The van der Waals surface area contributed by atoms with Gasteiger partial charge >= 0.3 is 17.9 Å². The molecule has 0 heterocycles. The maximum absolute atomic E-state index is 13.0. The van der Waals surface area contributed by atoms with Gasteiger partial charge in [0.05, 0.1) is 0 Å². The number of hydrogen-bond donors (Lipinski definition) is 0. The van der Waals surface area contributed by atoms with Gasteiger partial charge in [-0.3, -0.25) is 14.4 Å². The number of carbonyl (C=O) groups excluding carboxylic acids is 3. The quantitative estimate of drug-likeness (QED) is 0.0261. The first-order valence-electron chi connectivity index (χ1n) is 36.8. The van der Waals surface area contributed by atoms with E-state index in [1.54, 1.807) is 0 Å². The number of unbranched alkanes of at least 4 members (excludes halogenated alkanes) is 54. The van der Waals surface area contributed by atoms with E-state index in [-0.39, 0.29) is 31.1 Å². The summed E-state index contributed by atoms with van der Waals surface area (Å²) in [4.78, 5) is 38.5. The summed E-state index contributed by atoms with van der Waals surface area (Å²) in [5, 5.41) is 0. The molecule has 81 heavy (non-hydrogen) atoms. The summed E-state index contributed by atoms with van der Waals surface area (Å²) in [6.07, 6.45) is 86.5. The zero-order chi connectivity index (χ0) is 58.5. The summed E-state index contributed by atoms with van der Waals surface area (Å²) < 4.78 is 17.0. The first kappa shape index (κ1) is 78.9. The van der Waals surface area contributed by atoms with Crippen molar-refractivity contribution in [3.8, 4) is 0 Å². The van der Waals surface area contributed by atoms with Crippen LogP contribution >= 0.6 is 0 Å². The number of carbonyl (C=O) groups is 3. The van der Waals surface area contributed by atoms with Crippen molar-refractivity contribution >= 4 is 17.9 Å². The van der Waals surface area contributed by atoms with E-state index in [0.29, 0.717) is 19.3 Å². The number of hydrogen-bond acceptors (Lipinski definition) is 6. The highest BCUT2D eigenvalue weighted by Crippen LogP contribution is 2.19. The molecule has 0 spiro atoms. The number of esters is 3. The van der Waals surface area contributed by atoms with Gasteiger partial charge in [-0.05, 0) is 70.6 Å². The third-order valence-corrected chi connectivity index (χ3v) is 16.9. The van der Waals surface area contributed by atoms with Crippen LogP contribution < -0.4 is 0 Å². The van der Waals surface area contributed by atoms with Crippen molar-refractivity contribution in [2.75, 3.05) is 13.2 Å². The highest BCUT2D eigenvalue weighted by Gasteiger charge is 2.19. The molecule has 0 saturated carbocycles. The predicted molar refractivity (Wildman–Crippen MR) is 353 cm³/mol. The molecule has 0 aliphatic rings. The minimum Gasteiger partial charge on any atom is -0.462 e. The Morgan fingerprint density at radius 3 is 0.617 bits per heavy atom. The molecule has 1 unspecified atom stereocenters. The molecular weight excluding hydrogens is 997 g/mol. The molecule has 0 aromatic heterocycles. The highest BCUT2D eigenvalue weighted by atomic mass is 16.6. The molecule has 478 valence electrons. The first-order valence-corrected chi connectivity index (χ1v) is 36.8. The van der Waals surface area contributed by atoms with Gasteiger partial charge in [-0.1, -0.05) is 353 Å². The Labute approximate surface area is 506 Å². The lowest BCUT2D eigenvalue weighted by Crippen LogP contribution is -2.30. The van der Waals surface area contributed by atoms with E-state index in [0.717, 1.165) is 64.2 Å². The normalized spacial score (nSPS) is 12.1. The Morgan fingerprint density at radius 2 is 0.407 bits per heavy atom. The molecule has 0 amide bonds. The van der Waals surface area contributed by atoms with Gasteiger partial charge in [0.25, 0.3) is 0 Å². The second-order valence-electron chi connectivity index (χ2n) is 25.2. The van der Waals surface area contributed by atoms with Crippen LogP contribution in [-0.2, 0) is 28.6 Å². The lowest BCUT2D eigenvalue weighted by molar-refractivity contribution is -0.167. The van der Waals surface area contributed by atoms with E-state index in [1.807, 2.05) is 0 Å². The minimum absolute atomic E-state index is 0.0683. The average Bonchev–Trinajstić information content (AvgIpc) is 3.47. The second kappa shape index (κ2) is 70.4. The SMILES string of the molecule is CCCCCCCC/C=C\CCCCCCCC(=O)OCC(COC(=O)CCCCCCCCCCCCCCCCCCCCCCCCCCC)OC(=O)CCCCCCCCCCCCC/C=C\CCCCCCCCCC. The molecule has 0 aromatic carbocycles. The van der Waals surface area contributed by atoms with Gasteiger partial charge < -0.3 is 14.2 Å². The van der Waals surface area contributed by atoms with Crippen LogP contribution in [0, 0.1) is 0 Å². The molecule has 1 atom stereocenters. The zero-order valence-electron chi connectivity index (χ0n) is 55.1. The van der Waals surface area contributed by atoms with Crippen molar-refractivity contribution in [1.29, 1.82) is 0 Å². The van der Waals surface area contributed by atoms with Gasteiger partial charge in [0.1, 0.15) is 13.2 Å². The Morgan fingerprint density at radius 1 is 0.235 bits per heavy atom. The Balaban J connectivity index is 4.25. The van der Waals surface area contributed by atoms with Crippen molar-refractivity contribution in [2.24, 2.45) is 0 Å². The van der Waals surface area contributed by atoms with Crippen LogP contribution in [0.1, 0.15) is 419 Å². The fourth-order valence-electron chi connectivity index (χ4n) is 11.4. The fourth-order valence-corrected chi connectivity index (χ4v) is 11.4. The summed E-state index contributed by atoms with van der Waals surface area (Å²) >= 11 is 0. The van der Waals surface area contributed by atoms with Gasteiger partial charge in [0.2, 0.25) is 0 Å². The maximum Gasteiger partial charge on any atom is 0.306 e. The molecule has 0 N–H and O–H groups in total. The maximum atomic E-state index is 13.0. The summed E-state index contributed by atoms with van der Waals surface area (Å²) in [6.45, 7) is 6.72. The van der Waals surface area contributed by atoms with E-state index >= 15 is 0 Å². The van der Waals surface area contributed by atoms with E-state index in [2.05, 4.69) is 45.1 Å². The van der Waals surface area contributed by atoms with Crippen LogP contribution in [0.25, 0.3) is 0 Å². The largest absolute Gasteiger partial charge is 0.462 e. The molecule has 0 saturated heterocycles. The number of allylic oxidation sites excluding steroid dienone is 4. The molecule has 6 nitrogen and oxygen atoms in total. The summed E-state index contributed by atoms with van der Waals surface area (Å²) in [7, 11) is 0. The summed E-state index contributed by atoms with van der Waals surface area (Å²) in [6, 6.07) is 0. The van der Waals surface area contributed by atoms with E-state index in [4.69, 9.17) is 14.2 Å². The smallest absolute Gasteiger partial charge is 0.306 e. The molecule has 0 bridgehead atoms. The molecule has 6 heteroatoms. The Bertz CT molecular complexity index is 1310. The van der Waals surface area contributed by atoms with Gasteiger partial charge in [-0.15, -0.1) is 0 Å². The highest BCUT2D eigenvalue weighted by molar-refractivity contribution is 5.71. The van der Waals surface area contributed by atoms with Crippen molar-refractivity contribution in [3.05, 3.63) is 24.3 Å². The first-order chi connectivity index (χ1) is 40.0. The van der Waals surface area contributed by atoms with Crippen LogP contribution in [0.4, 0.5) is 0 Å². The minimum atomic E-state index is -0.774. The molecule has 0 aliphatic carbocycles. The van der Waals surface area contributed by atoms with Gasteiger partial charge in [0, 0.05) is 19.3 Å². The van der Waals surface area contributed by atoms with Crippen molar-refractivity contribution in [3.63, 3.8) is 0 Å². The van der Waals surface area contributed by atoms with Gasteiger partial charge in [-0.25, -0.2) is 0 Å². The van der Waals surface area contributed by atoms with E-state index in [9.17, 15) is 14.4 Å². The number of ether oxygens (including phenoxy) is 3. The topological polar surface area (TPSA) is 78.9 Å². The lowest BCUT2D eigenvalue weighted by Gasteiger charge is -2.18. The summed E-state index contributed by atoms with van der Waals surface area (Å²) in [5.41, 5.74) is 0. The summed E-state index contributed by atoms with van der Waals surface area (Å²) in [5.74, 6) is -0.844. The van der Waals surface area contributed by atoms with Crippen LogP contribution in [0.5, 0.6) is 0 Å². The Hall–Kier alpha value is -2.11. The standard InChI is InChI=1S/C75H142O6/c1-4-7-10-13-16-19-22-25-28-30-32-34-36-37-39-40-42-44-47-50-53-56-59-62-65-68-74(77)80-71-72(70-79-73(76)67-64-61-58-55-52-49-46-27-24-21-18-15-12-9-6-3)81-75(78)69-66-63-60-57-54-51-48-45-43-41-38-35-33-31-29-26-23-20-17-14-11-8-5-2/h27,31,33,46,72H,4-26,28-30,32,34-45,47-71H2,1-3H3/b33-31-,46-27-. The zero-order valence-corrected chi connectivity index (χ0v) is 55.1. The van der Waals surface area contributed by atoms with Crippen molar-refractivity contribution in [1.82, 2.24) is 0 Å². The van der Waals surface area contributed by atoms with Crippen LogP contribution in [0.15, 0.2) is 24.3 Å². The van der Waals surface area contributed by atoms with Crippen molar-refractivity contribution < 1.29 is 28.6 Å². The van der Waals surface area contributed by atoms with E-state index < -0.39 is 6.10 Å². The van der Waals surface area contributed by atoms with Crippen LogP contribution in [-0.4, -0.2) is 37.2 Å².